The van der Waals surface area contributed by atoms with E-state index in [-0.39, 0.29) is 0 Å². The summed E-state index contributed by atoms with van der Waals surface area (Å²) < 4.78 is 0. The third-order valence-electron chi connectivity index (χ3n) is 3.07. The summed E-state index contributed by atoms with van der Waals surface area (Å²) in [4.78, 5) is 24.4. The Morgan fingerprint density at radius 3 is 2.53 bits per heavy atom. The standard InChI is InChI=1S/C14H20N2O3/c1-9-5-6-10(2)11(7-9)8-16(4)13(17)12(15-3)14(18)19/h5-7,12,15H,8H2,1-4H3,(H,18,19). The third kappa shape index (κ3) is 3.79. The number of carbonyl (C=O) groups excluding carboxylic acids is 1. The molecule has 0 bridgehead atoms. The topological polar surface area (TPSA) is 69.6 Å². The molecule has 0 radical (unpaired) electrons. The summed E-state index contributed by atoms with van der Waals surface area (Å²) in [6.45, 7) is 4.36. The van der Waals surface area contributed by atoms with Crippen LogP contribution >= 0.6 is 0 Å². The lowest BCUT2D eigenvalue weighted by molar-refractivity contribution is -0.147. The van der Waals surface area contributed by atoms with Crippen molar-refractivity contribution in [3.05, 3.63) is 34.9 Å². The molecule has 5 heteroatoms. The van der Waals surface area contributed by atoms with E-state index in [1.807, 2.05) is 32.0 Å². The number of hydrogen-bond acceptors (Lipinski definition) is 3. The Bertz CT molecular complexity index is 486. The first-order chi connectivity index (χ1) is 8.86. The van der Waals surface area contributed by atoms with Gasteiger partial charge in [0.25, 0.3) is 5.91 Å². The van der Waals surface area contributed by atoms with Crippen molar-refractivity contribution in [1.29, 1.82) is 0 Å². The predicted molar refractivity (Wildman–Crippen MR) is 72.9 cm³/mol. The van der Waals surface area contributed by atoms with Crippen LogP contribution in [-0.4, -0.2) is 42.0 Å². The van der Waals surface area contributed by atoms with Crippen LogP contribution in [0.3, 0.4) is 0 Å². The van der Waals surface area contributed by atoms with Crippen LogP contribution in [0.25, 0.3) is 0 Å². The lowest BCUT2D eigenvalue weighted by Crippen LogP contribution is -2.48. The molecule has 0 aromatic heterocycles. The fourth-order valence-electron chi connectivity index (χ4n) is 1.88. The van der Waals surface area contributed by atoms with Crippen molar-refractivity contribution in [2.75, 3.05) is 14.1 Å². The molecule has 1 aromatic carbocycles. The van der Waals surface area contributed by atoms with Crippen LogP contribution in [0.2, 0.25) is 0 Å². The number of carboxylic acids is 1. The predicted octanol–water partition coefficient (Wildman–Crippen LogP) is 0.934. The monoisotopic (exact) mass is 264 g/mol. The van der Waals surface area contributed by atoms with Gasteiger partial charge in [0.05, 0.1) is 0 Å². The van der Waals surface area contributed by atoms with Gasteiger partial charge in [-0.25, -0.2) is 4.79 Å². The van der Waals surface area contributed by atoms with Crippen LogP contribution in [-0.2, 0) is 16.1 Å². The van der Waals surface area contributed by atoms with Crippen molar-refractivity contribution < 1.29 is 14.7 Å². The Morgan fingerprint density at radius 2 is 2.00 bits per heavy atom. The summed E-state index contributed by atoms with van der Waals surface area (Å²) in [7, 11) is 3.07. The number of aliphatic carboxylic acids is 1. The number of carboxylic acid groups (broad SMARTS) is 1. The van der Waals surface area contributed by atoms with Gasteiger partial charge in [-0.2, -0.15) is 0 Å². The van der Waals surface area contributed by atoms with E-state index in [0.29, 0.717) is 6.54 Å². The minimum atomic E-state index is -1.20. The normalized spacial score (nSPS) is 12.0. The maximum Gasteiger partial charge on any atom is 0.330 e. The molecule has 104 valence electrons. The van der Waals surface area contributed by atoms with Crippen molar-refractivity contribution in [2.45, 2.75) is 26.4 Å². The molecular weight excluding hydrogens is 244 g/mol. The fraction of sp³-hybridized carbons (Fsp3) is 0.429. The molecule has 2 N–H and O–H groups in total. The number of nitrogens with one attached hydrogen (secondary N) is 1. The van der Waals surface area contributed by atoms with Gasteiger partial charge >= 0.3 is 5.97 Å². The smallest absolute Gasteiger partial charge is 0.330 e. The average molecular weight is 264 g/mol. The van der Waals surface area contributed by atoms with E-state index in [1.54, 1.807) is 7.05 Å². The van der Waals surface area contributed by atoms with Gasteiger partial charge < -0.3 is 10.0 Å². The van der Waals surface area contributed by atoms with E-state index in [4.69, 9.17) is 5.11 Å². The second kappa shape index (κ2) is 6.33. The molecule has 19 heavy (non-hydrogen) atoms. The molecule has 1 aromatic rings. The molecule has 0 fully saturated rings. The zero-order valence-electron chi connectivity index (χ0n) is 11.7. The van der Waals surface area contributed by atoms with Crippen LogP contribution in [0, 0.1) is 13.8 Å². The van der Waals surface area contributed by atoms with E-state index >= 15 is 0 Å². The lowest BCUT2D eigenvalue weighted by Gasteiger charge is -2.22. The van der Waals surface area contributed by atoms with Crippen molar-refractivity contribution in [1.82, 2.24) is 10.2 Å². The second-order valence-corrected chi connectivity index (χ2v) is 4.68. The molecule has 0 aliphatic rings. The van der Waals surface area contributed by atoms with Crippen molar-refractivity contribution in [3.8, 4) is 0 Å². The largest absolute Gasteiger partial charge is 0.480 e. The highest BCUT2D eigenvalue weighted by molar-refractivity contribution is 6.00. The van der Waals surface area contributed by atoms with E-state index in [0.717, 1.165) is 16.7 Å². The van der Waals surface area contributed by atoms with Crippen molar-refractivity contribution in [3.63, 3.8) is 0 Å². The number of hydrogen-bond donors (Lipinski definition) is 2. The van der Waals surface area contributed by atoms with E-state index in [2.05, 4.69) is 5.32 Å². The van der Waals surface area contributed by atoms with Gasteiger partial charge in [0.15, 0.2) is 6.04 Å². The average Bonchev–Trinajstić information content (AvgIpc) is 2.34. The summed E-state index contributed by atoms with van der Waals surface area (Å²) in [5, 5.41) is 11.5. The van der Waals surface area contributed by atoms with Gasteiger partial charge in [-0.05, 0) is 32.0 Å². The van der Waals surface area contributed by atoms with Gasteiger partial charge in [-0.3, -0.25) is 10.1 Å². The Morgan fingerprint density at radius 1 is 1.37 bits per heavy atom. The third-order valence-corrected chi connectivity index (χ3v) is 3.07. The summed E-state index contributed by atoms with van der Waals surface area (Å²) in [5.41, 5.74) is 3.22. The van der Waals surface area contributed by atoms with Crippen LogP contribution in [0.15, 0.2) is 18.2 Å². The maximum atomic E-state index is 12.0. The highest BCUT2D eigenvalue weighted by Crippen LogP contribution is 2.13. The van der Waals surface area contributed by atoms with E-state index in [1.165, 1.54) is 11.9 Å². The summed E-state index contributed by atoms with van der Waals surface area (Å²) >= 11 is 0. The molecular formula is C14H20N2O3. The number of rotatable bonds is 5. The molecule has 0 heterocycles. The minimum Gasteiger partial charge on any atom is -0.480 e. The summed E-state index contributed by atoms with van der Waals surface area (Å²) in [6.07, 6.45) is 0. The molecule has 1 atom stereocenters. The molecule has 1 rings (SSSR count). The summed E-state index contributed by atoms with van der Waals surface area (Å²) in [6, 6.07) is 4.81. The van der Waals surface area contributed by atoms with E-state index in [9.17, 15) is 9.59 Å². The Balaban J connectivity index is 2.84. The molecule has 0 saturated carbocycles. The lowest BCUT2D eigenvalue weighted by atomic mass is 10.1. The molecule has 1 unspecified atom stereocenters. The van der Waals surface area contributed by atoms with E-state index < -0.39 is 17.9 Å². The number of carbonyl (C=O) groups is 2. The molecule has 0 spiro atoms. The minimum absolute atomic E-state index is 0.401. The van der Waals surface area contributed by atoms with Crippen LogP contribution in [0.1, 0.15) is 16.7 Å². The molecule has 0 saturated heterocycles. The number of aryl methyl sites for hydroxylation is 2. The summed E-state index contributed by atoms with van der Waals surface area (Å²) in [5.74, 6) is -1.61. The first kappa shape index (κ1) is 15.2. The Kier molecular flexibility index (Phi) is 5.06. The second-order valence-electron chi connectivity index (χ2n) is 4.68. The van der Waals surface area contributed by atoms with Crippen molar-refractivity contribution in [2.24, 2.45) is 0 Å². The van der Waals surface area contributed by atoms with Gasteiger partial charge in [-0.1, -0.05) is 23.8 Å². The fourth-order valence-corrected chi connectivity index (χ4v) is 1.88. The van der Waals surface area contributed by atoms with Crippen LogP contribution < -0.4 is 5.32 Å². The number of nitrogens with zero attached hydrogens (tertiary/aromatic N) is 1. The zero-order valence-corrected chi connectivity index (χ0v) is 11.7. The first-order valence-corrected chi connectivity index (χ1v) is 6.08. The highest BCUT2D eigenvalue weighted by Gasteiger charge is 2.27. The first-order valence-electron chi connectivity index (χ1n) is 6.08. The molecule has 0 aliphatic heterocycles. The van der Waals surface area contributed by atoms with Crippen molar-refractivity contribution >= 4 is 11.9 Å². The van der Waals surface area contributed by atoms with Gasteiger partial charge in [0, 0.05) is 13.6 Å². The van der Waals surface area contributed by atoms with Crippen LogP contribution in [0.4, 0.5) is 0 Å². The number of likely N-dealkylation sites (N-methyl/N-ethyl adjacent to an activating group) is 2. The highest BCUT2D eigenvalue weighted by atomic mass is 16.4. The zero-order chi connectivity index (χ0) is 14.6. The van der Waals surface area contributed by atoms with Gasteiger partial charge in [0.2, 0.25) is 0 Å². The Labute approximate surface area is 113 Å². The van der Waals surface area contributed by atoms with Crippen LogP contribution in [0.5, 0.6) is 0 Å². The Hall–Kier alpha value is -1.88. The quantitative estimate of drug-likeness (QED) is 0.776. The van der Waals surface area contributed by atoms with Gasteiger partial charge in [0.1, 0.15) is 0 Å². The molecule has 1 amide bonds. The molecule has 5 nitrogen and oxygen atoms in total. The SMILES string of the molecule is CNC(C(=O)O)C(=O)N(C)Cc1cc(C)ccc1C. The number of amides is 1. The maximum absolute atomic E-state index is 12.0. The van der Waals surface area contributed by atoms with Gasteiger partial charge in [-0.15, -0.1) is 0 Å². The number of benzene rings is 1. The molecule has 0 aliphatic carbocycles.